The van der Waals surface area contributed by atoms with Gasteiger partial charge in [0.05, 0.1) is 12.7 Å². The van der Waals surface area contributed by atoms with Gasteiger partial charge in [-0.1, -0.05) is 38.7 Å². The monoisotopic (exact) mass is 269 g/mol. The molecular weight excluding hydrogens is 242 g/mol. The molecule has 0 fully saturated rings. The van der Waals surface area contributed by atoms with Crippen LogP contribution in [0.4, 0.5) is 0 Å². The van der Waals surface area contributed by atoms with Gasteiger partial charge in [0.25, 0.3) is 0 Å². The molecule has 1 heterocycles. The first kappa shape index (κ1) is 15.7. The minimum absolute atomic E-state index is 0.408. The van der Waals surface area contributed by atoms with Gasteiger partial charge in [-0.3, -0.25) is 0 Å². The van der Waals surface area contributed by atoms with E-state index in [1.807, 2.05) is 0 Å². The Morgan fingerprint density at radius 1 is 1.33 bits per heavy atom. The summed E-state index contributed by atoms with van der Waals surface area (Å²) in [5.41, 5.74) is 0. The summed E-state index contributed by atoms with van der Waals surface area (Å²) in [4.78, 5) is 1.39. The van der Waals surface area contributed by atoms with Crippen LogP contribution in [0.25, 0.3) is 0 Å². The standard InChI is InChI=1S/C15H27NOS/c1-3-4-5-6-8-14(2)17-11-10-16-13-15-9-7-12-18-15/h7,9,12,14,16H,3-6,8,10-11,13H2,1-2H3. The van der Waals surface area contributed by atoms with E-state index >= 15 is 0 Å². The fourth-order valence-electron chi connectivity index (χ4n) is 1.90. The molecule has 0 aromatic carbocycles. The predicted octanol–water partition coefficient (Wildman–Crippen LogP) is 4.21. The highest BCUT2D eigenvalue weighted by molar-refractivity contribution is 7.09. The zero-order chi connectivity index (χ0) is 13.1. The number of rotatable bonds is 11. The second kappa shape index (κ2) is 10.5. The second-order valence-corrected chi connectivity index (χ2v) is 5.82. The van der Waals surface area contributed by atoms with E-state index in [-0.39, 0.29) is 0 Å². The number of nitrogens with one attached hydrogen (secondary N) is 1. The topological polar surface area (TPSA) is 21.3 Å². The average Bonchev–Trinajstić information content (AvgIpc) is 2.87. The molecule has 0 aliphatic carbocycles. The maximum absolute atomic E-state index is 5.78. The van der Waals surface area contributed by atoms with E-state index in [2.05, 4.69) is 36.7 Å². The Bertz CT molecular complexity index is 274. The molecule has 18 heavy (non-hydrogen) atoms. The third-order valence-corrected chi connectivity index (χ3v) is 3.90. The molecule has 1 rings (SSSR count). The van der Waals surface area contributed by atoms with Gasteiger partial charge in [0.15, 0.2) is 0 Å². The molecule has 0 saturated heterocycles. The highest BCUT2D eigenvalue weighted by Crippen LogP contribution is 2.08. The van der Waals surface area contributed by atoms with E-state index in [1.165, 1.54) is 37.0 Å². The van der Waals surface area contributed by atoms with Gasteiger partial charge in [-0.2, -0.15) is 0 Å². The number of ether oxygens (including phenoxy) is 1. The van der Waals surface area contributed by atoms with Gasteiger partial charge in [0.2, 0.25) is 0 Å². The van der Waals surface area contributed by atoms with E-state index in [1.54, 1.807) is 11.3 Å². The van der Waals surface area contributed by atoms with Crippen LogP contribution in [0, 0.1) is 0 Å². The number of unbranched alkanes of at least 4 members (excludes halogenated alkanes) is 3. The molecule has 1 aromatic rings. The van der Waals surface area contributed by atoms with Crippen molar-refractivity contribution < 1.29 is 4.74 Å². The Morgan fingerprint density at radius 3 is 2.94 bits per heavy atom. The van der Waals surface area contributed by atoms with Crippen LogP contribution in [0.2, 0.25) is 0 Å². The Labute approximate surface area is 116 Å². The van der Waals surface area contributed by atoms with Crippen molar-refractivity contribution in [2.24, 2.45) is 0 Å². The first-order chi connectivity index (χ1) is 8.83. The summed E-state index contributed by atoms with van der Waals surface area (Å²) in [6, 6.07) is 4.26. The summed E-state index contributed by atoms with van der Waals surface area (Å²) in [5, 5.41) is 5.52. The van der Waals surface area contributed by atoms with E-state index in [0.29, 0.717) is 6.10 Å². The molecule has 0 saturated carbocycles. The van der Waals surface area contributed by atoms with Gasteiger partial charge in [0.1, 0.15) is 0 Å². The molecule has 1 unspecified atom stereocenters. The molecule has 1 atom stereocenters. The molecule has 3 heteroatoms. The number of hydrogen-bond donors (Lipinski definition) is 1. The van der Waals surface area contributed by atoms with Crippen LogP contribution in [0.3, 0.4) is 0 Å². The largest absolute Gasteiger partial charge is 0.377 e. The zero-order valence-corrected chi connectivity index (χ0v) is 12.6. The summed E-state index contributed by atoms with van der Waals surface area (Å²) in [7, 11) is 0. The van der Waals surface area contributed by atoms with Crippen LogP contribution >= 0.6 is 11.3 Å². The second-order valence-electron chi connectivity index (χ2n) is 4.79. The Balaban J connectivity index is 1.87. The molecule has 104 valence electrons. The van der Waals surface area contributed by atoms with Gasteiger partial charge in [-0.25, -0.2) is 0 Å². The molecule has 0 bridgehead atoms. The first-order valence-corrected chi connectivity index (χ1v) is 8.05. The van der Waals surface area contributed by atoms with E-state index in [0.717, 1.165) is 19.7 Å². The van der Waals surface area contributed by atoms with E-state index in [9.17, 15) is 0 Å². The molecule has 2 nitrogen and oxygen atoms in total. The van der Waals surface area contributed by atoms with Crippen molar-refractivity contribution in [2.45, 2.75) is 58.6 Å². The fraction of sp³-hybridized carbons (Fsp3) is 0.733. The molecule has 0 spiro atoms. The molecule has 0 aliphatic rings. The number of hydrogen-bond acceptors (Lipinski definition) is 3. The lowest BCUT2D eigenvalue weighted by Crippen LogP contribution is -2.21. The van der Waals surface area contributed by atoms with Crippen molar-refractivity contribution in [1.29, 1.82) is 0 Å². The van der Waals surface area contributed by atoms with Crippen LogP contribution in [-0.4, -0.2) is 19.3 Å². The summed E-state index contributed by atoms with van der Waals surface area (Å²) in [6.45, 7) is 7.16. The van der Waals surface area contributed by atoms with Gasteiger partial charge < -0.3 is 10.1 Å². The van der Waals surface area contributed by atoms with Crippen molar-refractivity contribution >= 4 is 11.3 Å². The summed E-state index contributed by atoms with van der Waals surface area (Å²) in [6.07, 6.45) is 6.92. The Hall–Kier alpha value is -0.380. The molecule has 0 amide bonds. The quantitative estimate of drug-likeness (QED) is 0.608. The van der Waals surface area contributed by atoms with Gasteiger partial charge >= 0.3 is 0 Å². The lowest BCUT2D eigenvalue weighted by atomic mass is 10.1. The minimum Gasteiger partial charge on any atom is -0.377 e. The van der Waals surface area contributed by atoms with Gasteiger partial charge in [-0.05, 0) is 24.8 Å². The molecule has 0 radical (unpaired) electrons. The van der Waals surface area contributed by atoms with Crippen molar-refractivity contribution in [3.63, 3.8) is 0 Å². The Kier molecular flexibility index (Phi) is 9.17. The van der Waals surface area contributed by atoms with Crippen molar-refractivity contribution in [3.8, 4) is 0 Å². The number of thiophene rings is 1. The van der Waals surface area contributed by atoms with Gasteiger partial charge in [-0.15, -0.1) is 11.3 Å². The van der Waals surface area contributed by atoms with E-state index in [4.69, 9.17) is 4.74 Å². The smallest absolute Gasteiger partial charge is 0.0594 e. The Morgan fingerprint density at radius 2 is 2.22 bits per heavy atom. The molecule has 1 aromatic heterocycles. The lowest BCUT2D eigenvalue weighted by Gasteiger charge is -2.13. The highest BCUT2D eigenvalue weighted by Gasteiger charge is 2.01. The van der Waals surface area contributed by atoms with Crippen LogP contribution in [0.15, 0.2) is 17.5 Å². The predicted molar refractivity (Wildman–Crippen MR) is 80.2 cm³/mol. The fourth-order valence-corrected chi connectivity index (χ4v) is 2.57. The zero-order valence-electron chi connectivity index (χ0n) is 11.8. The van der Waals surface area contributed by atoms with E-state index < -0.39 is 0 Å². The maximum atomic E-state index is 5.78. The highest BCUT2D eigenvalue weighted by atomic mass is 32.1. The van der Waals surface area contributed by atoms with Gasteiger partial charge in [0, 0.05) is 18.0 Å². The van der Waals surface area contributed by atoms with Crippen molar-refractivity contribution in [3.05, 3.63) is 22.4 Å². The SMILES string of the molecule is CCCCCCC(C)OCCNCc1cccs1. The van der Waals surface area contributed by atoms with Crippen LogP contribution in [0.1, 0.15) is 50.8 Å². The van der Waals surface area contributed by atoms with Crippen molar-refractivity contribution in [1.82, 2.24) is 5.32 Å². The van der Waals surface area contributed by atoms with Crippen LogP contribution in [0.5, 0.6) is 0 Å². The third kappa shape index (κ3) is 7.85. The minimum atomic E-state index is 0.408. The normalized spacial score (nSPS) is 12.8. The maximum Gasteiger partial charge on any atom is 0.0594 e. The molecule has 1 N–H and O–H groups in total. The summed E-state index contributed by atoms with van der Waals surface area (Å²) in [5.74, 6) is 0. The average molecular weight is 269 g/mol. The van der Waals surface area contributed by atoms with Crippen molar-refractivity contribution in [2.75, 3.05) is 13.2 Å². The molecule has 0 aliphatic heterocycles. The first-order valence-electron chi connectivity index (χ1n) is 7.17. The van der Waals surface area contributed by atoms with Crippen LogP contribution < -0.4 is 5.32 Å². The third-order valence-electron chi connectivity index (χ3n) is 3.02. The van der Waals surface area contributed by atoms with Crippen LogP contribution in [-0.2, 0) is 11.3 Å². The summed E-state index contributed by atoms with van der Waals surface area (Å²) < 4.78 is 5.78. The molecular formula is C15H27NOS. The lowest BCUT2D eigenvalue weighted by molar-refractivity contribution is 0.0603. The summed E-state index contributed by atoms with van der Waals surface area (Å²) >= 11 is 1.80.